The molecule has 0 aliphatic rings. The summed E-state index contributed by atoms with van der Waals surface area (Å²) < 4.78 is 5.46. The number of carbonyl (C=O) groups is 2. The summed E-state index contributed by atoms with van der Waals surface area (Å²) in [5, 5.41) is 0.680. The van der Waals surface area contributed by atoms with E-state index >= 15 is 0 Å². The van der Waals surface area contributed by atoms with Crippen LogP contribution in [0.4, 0.5) is 0 Å². The van der Waals surface area contributed by atoms with Crippen LogP contribution < -0.4 is 0 Å². The molecule has 0 atom stereocenters. The lowest BCUT2D eigenvalue weighted by Crippen LogP contribution is -2.43. The molecule has 2 amide bonds. The molecule has 0 unspecified atom stereocenters. The summed E-state index contributed by atoms with van der Waals surface area (Å²) in [5.74, 6) is 0.435. The Bertz CT molecular complexity index is 1040. The van der Waals surface area contributed by atoms with Crippen LogP contribution in [0, 0.1) is 5.92 Å². The van der Waals surface area contributed by atoms with Crippen LogP contribution in [0.15, 0.2) is 71.3 Å². The van der Waals surface area contributed by atoms with Crippen molar-refractivity contribution in [1.82, 2.24) is 9.80 Å². The van der Waals surface area contributed by atoms with Gasteiger partial charge in [0.15, 0.2) is 0 Å². The van der Waals surface area contributed by atoms with Gasteiger partial charge in [-0.15, -0.1) is 0 Å². The van der Waals surface area contributed by atoms with Crippen molar-refractivity contribution < 1.29 is 14.0 Å². The molecule has 0 aliphatic heterocycles. The summed E-state index contributed by atoms with van der Waals surface area (Å²) in [6.45, 7) is 5.12. The number of halogens is 2. The van der Waals surface area contributed by atoms with Crippen molar-refractivity contribution >= 4 is 35.0 Å². The van der Waals surface area contributed by atoms with Gasteiger partial charge in [0.05, 0.1) is 22.9 Å². The van der Waals surface area contributed by atoms with Crippen molar-refractivity contribution in [2.75, 3.05) is 13.1 Å². The molecule has 3 rings (SSSR count). The molecule has 7 heteroatoms. The third kappa shape index (κ3) is 6.62. The molecule has 3 aromatic rings. The Balaban J connectivity index is 1.81. The number of hydrogen-bond donors (Lipinski definition) is 0. The Morgan fingerprint density at radius 2 is 1.66 bits per heavy atom. The monoisotopic (exact) mass is 472 g/mol. The normalized spacial score (nSPS) is 10.9. The molecule has 5 nitrogen and oxygen atoms in total. The van der Waals surface area contributed by atoms with Gasteiger partial charge >= 0.3 is 0 Å². The maximum Gasteiger partial charge on any atom is 0.254 e. The molecule has 0 saturated heterocycles. The second-order valence-electron chi connectivity index (χ2n) is 8.02. The van der Waals surface area contributed by atoms with Gasteiger partial charge in [0, 0.05) is 18.7 Å². The van der Waals surface area contributed by atoms with Gasteiger partial charge in [-0.05, 0) is 41.8 Å². The fourth-order valence-electron chi connectivity index (χ4n) is 3.36. The smallest absolute Gasteiger partial charge is 0.254 e. The molecule has 0 bridgehead atoms. The number of carbonyl (C=O) groups excluding carboxylic acids is 2. The number of rotatable bonds is 9. The Labute approximate surface area is 198 Å². The van der Waals surface area contributed by atoms with Crippen LogP contribution in [-0.2, 0) is 17.9 Å². The summed E-state index contributed by atoms with van der Waals surface area (Å²) in [5.41, 5.74) is 1.40. The average Bonchev–Trinajstić information content (AvgIpc) is 3.28. The molecule has 0 fully saturated rings. The maximum atomic E-state index is 13.4. The number of nitrogens with zero attached hydrogens (tertiary/aromatic N) is 2. The van der Waals surface area contributed by atoms with E-state index in [2.05, 4.69) is 0 Å². The Morgan fingerprint density at radius 1 is 0.906 bits per heavy atom. The minimum absolute atomic E-state index is 0.0508. The summed E-state index contributed by atoms with van der Waals surface area (Å²) >= 11 is 12.1. The molecule has 0 aliphatic carbocycles. The minimum Gasteiger partial charge on any atom is -0.467 e. The molecule has 2 aromatic carbocycles. The van der Waals surface area contributed by atoms with E-state index in [1.54, 1.807) is 34.3 Å². The quantitative estimate of drug-likeness (QED) is 0.388. The van der Waals surface area contributed by atoms with E-state index in [1.165, 1.54) is 6.07 Å². The second-order valence-corrected chi connectivity index (χ2v) is 8.84. The van der Waals surface area contributed by atoms with Gasteiger partial charge < -0.3 is 14.2 Å². The van der Waals surface area contributed by atoms with E-state index < -0.39 is 0 Å². The minimum atomic E-state index is -0.261. The molecule has 0 N–H and O–H groups in total. The van der Waals surface area contributed by atoms with Crippen molar-refractivity contribution in [1.29, 1.82) is 0 Å². The fraction of sp³-hybridized carbons (Fsp3) is 0.280. The molecular weight excluding hydrogens is 447 g/mol. The van der Waals surface area contributed by atoms with Crippen molar-refractivity contribution in [3.8, 4) is 0 Å². The van der Waals surface area contributed by atoms with Crippen LogP contribution in [0.3, 0.4) is 0 Å². The zero-order chi connectivity index (χ0) is 23.1. The summed E-state index contributed by atoms with van der Waals surface area (Å²) in [7, 11) is 0. The lowest BCUT2D eigenvalue weighted by atomic mass is 10.1. The molecular formula is C25H26Cl2N2O3. The summed E-state index contributed by atoms with van der Waals surface area (Å²) in [6.07, 6.45) is 1.58. The topological polar surface area (TPSA) is 53.8 Å². The van der Waals surface area contributed by atoms with Crippen LogP contribution in [-0.4, -0.2) is 34.7 Å². The average molecular weight is 473 g/mol. The Morgan fingerprint density at radius 3 is 2.28 bits per heavy atom. The van der Waals surface area contributed by atoms with E-state index in [0.717, 1.165) is 5.56 Å². The first-order valence-corrected chi connectivity index (χ1v) is 11.2. The first-order valence-electron chi connectivity index (χ1n) is 10.4. The van der Waals surface area contributed by atoms with Crippen molar-refractivity contribution in [3.63, 3.8) is 0 Å². The largest absolute Gasteiger partial charge is 0.467 e. The number of amides is 2. The SMILES string of the molecule is CC(C)CN(CC(=O)N(Cc1ccccc1)Cc1ccco1)C(=O)c1ccc(Cl)c(Cl)c1. The Kier molecular flexibility index (Phi) is 8.37. The van der Waals surface area contributed by atoms with Crippen LogP contribution in [0.5, 0.6) is 0 Å². The van der Waals surface area contributed by atoms with Crippen LogP contribution in [0.1, 0.15) is 35.5 Å². The predicted molar refractivity (Wildman–Crippen MR) is 127 cm³/mol. The standard InChI is InChI=1S/C25H26Cl2N2O3/c1-18(2)14-29(25(31)20-10-11-22(26)23(27)13-20)17-24(30)28(16-21-9-6-12-32-21)15-19-7-4-3-5-8-19/h3-13,18H,14-17H2,1-2H3. The van der Waals surface area contributed by atoms with Crippen LogP contribution in [0.2, 0.25) is 10.0 Å². The van der Waals surface area contributed by atoms with Gasteiger partial charge in [-0.3, -0.25) is 9.59 Å². The van der Waals surface area contributed by atoms with Gasteiger partial charge in [0.2, 0.25) is 5.91 Å². The predicted octanol–water partition coefficient (Wildman–Crippen LogP) is 5.91. The van der Waals surface area contributed by atoms with Gasteiger partial charge in [-0.1, -0.05) is 67.4 Å². The lowest BCUT2D eigenvalue weighted by molar-refractivity contribution is -0.133. The van der Waals surface area contributed by atoms with E-state index in [1.807, 2.05) is 50.2 Å². The van der Waals surface area contributed by atoms with Crippen molar-refractivity contribution in [3.05, 3.63) is 93.9 Å². The number of hydrogen-bond acceptors (Lipinski definition) is 3. The summed E-state index contributed by atoms with van der Waals surface area (Å²) in [4.78, 5) is 29.8. The molecule has 1 aromatic heterocycles. The van der Waals surface area contributed by atoms with E-state index in [9.17, 15) is 9.59 Å². The highest BCUT2D eigenvalue weighted by Crippen LogP contribution is 2.23. The van der Waals surface area contributed by atoms with E-state index in [-0.39, 0.29) is 24.3 Å². The van der Waals surface area contributed by atoms with Crippen molar-refractivity contribution in [2.24, 2.45) is 5.92 Å². The zero-order valence-corrected chi connectivity index (χ0v) is 19.6. The van der Waals surface area contributed by atoms with Gasteiger partial charge in [0.1, 0.15) is 12.3 Å². The number of furan rings is 1. The molecule has 1 heterocycles. The molecule has 0 radical (unpaired) electrons. The molecule has 168 valence electrons. The first-order chi connectivity index (χ1) is 15.3. The fourth-order valence-corrected chi connectivity index (χ4v) is 3.66. The molecule has 0 spiro atoms. The Hall–Kier alpha value is -2.76. The third-order valence-electron chi connectivity index (χ3n) is 4.86. The first kappa shape index (κ1) is 23.9. The van der Waals surface area contributed by atoms with Crippen molar-refractivity contribution in [2.45, 2.75) is 26.9 Å². The summed E-state index contributed by atoms with van der Waals surface area (Å²) in [6, 6.07) is 18.1. The maximum absolute atomic E-state index is 13.4. The van der Waals surface area contributed by atoms with E-state index in [0.29, 0.717) is 41.0 Å². The number of benzene rings is 2. The highest BCUT2D eigenvalue weighted by molar-refractivity contribution is 6.42. The van der Waals surface area contributed by atoms with Crippen LogP contribution in [0.25, 0.3) is 0 Å². The molecule has 0 saturated carbocycles. The zero-order valence-electron chi connectivity index (χ0n) is 18.1. The van der Waals surface area contributed by atoms with Crippen LogP contribution >= 0.6 is 23.2 Å². The molecule has 32 heavy (non-hydrogen) atoms. The van der Waals surface area contributed by atoms with Gasteiger partial charge in [-0.25, -0.2) is 0 Å². The highest BCUT2D eigenvalue weighted by Gasteiger charge is 2.24. The van der Waals surface area contributed by atoms with Gasteiger partial charge in [0.25, 0.3) is 5.91 Å². The van der Waals surface area contributed by atoms with Gasteiger partial charge in [-0.2, -0.15) is 0 Å². The third-order valence-corrected chi connectivity index (χ3v) is 5.60. The van der Waals surface area contributed by atoms with E-state index in [4.69, 9.17) is 27.6 Å². The highest BCUT2D eigenvalue weighted by atomic mass is 35.5. The lowest BCUT2D eigenvalue weighted by Gasteiger charge is -2.28. The second kappa shape index (κ2) is 11.2.